The number of likely N-dealkylation sites (tertiary alicyclic amines) is 1. The maximum absolute atomic E-state index is 12.5. The van der Waals surface area contributed by atoms with E-state index in [1.54, 1.807) is 11.3 Å². The number of thiazole rings is 2. The number of carbonyl (C=O) groups is 1. The number of carbonyl (C=O) groups excluding carboxylic acids is 1. The number of fused-ring (bicyclic) bond motifs is 1. The van der Waals surface area contributed by atoms with Crippen molar-refractivity contribution in [1.82, 2.24) is 14.9 Å². The summed E-state index contributed by atoms with van der Waals surface area (Å²) in [4.78, 5) is 23.5. The average Bonchev–Trinajstić information content (AvgIpc) is 3.28. The van der Waals surface area contributed by atoms with E-state index in [1.807, 2.05) is 16.3 Å². The highest BCUT2D eigenvalue weighted by molar-refractivity contribution is 7.18. The lowest BCUT2D eigenvalue weighted by atomic mass is 9.97. The molecule has 2 N–H and O–H groups in total. The van der Waals surface area contributed by atoms with Gasteiger partial charge in [-0.25, -0.2) is 9.97 Å². The molecular weight excluding hydrogens is 340 g/mol. The second-order valence-electron chi connectivity index (χ2n) is 5.92. The fourth-order valence-corrected chi connectivity index (χ4v) is 4.84. The van der Waals surface area contributed by atoms with Crippen molar-refractivity contribution in [2.24, 2.45) is 5.73 Å². The van der Waals surface area contributed by atoms with Crippen molar-refractivity contribution in [2.75, 3.05) is 13.1 Å². The highest BCUT2D eigenvalue weighted by atomic mass is 32.1. The Kier molecular flexibility index (Phi) is 4.30. The van der Waals surface area contributed by atoms with E-state index in [2.05, 4.69) is 23.2 Å². The first-order chi connectivity index (χ1) is 11.7. The van der Waals surface area contributed by atoms with Crippen LogP contribution in [0.15, 0.2) is 29.6 Å². The van der Waals surface area contributed by atoms with Crippen LogP contribution in [0.2, 0.25) is 0 Å². The van der Waals surface area contributed by atoms with Crippen LogP contribution in [0.3, 0.4) is 0 Å². The molecule has 2 aromatic heterocycles. The first-order valence-corrected chi connectivity index (χ1v) is 9.73. The molecule has 1 amide bonds. The number of hydrogen-bond acceptors (Lipinski definition) is 6. The van der Waals surface area contributed by atoms with Crippen LogP contribution < -0.4 is 5.73 Å². The summed E-state index contributed by atoms with van der Waals surface area (Å²) >= 11 is 3.23. The number of nitrogens with two attached hydrogens (primary N) is 1. The summed E-state index contributed by atoms with van der Waals surface area (Å²) in [7, 11) is 0. The molecule has 24 heavy (non-hydrogen) atoms. The Bertz CT molecular complexity index is 831. The quantitative estimate of drug-likeness (QED) is 0.780. The van der Waals surface area contributed by atoms with Crippen LogP contribution in [-0.4, -0.2) is 33.9 Å². The zero-order valence-corrected chi connectivity index (χ0v) is 14.8. The molecule has 0 aliphatic carbocycles. The molecule has 7 heteroatoms. The van der Waals surface area contributed by atoms with Crippen LogP contribution >= 0.6 is 22.7 Å². The van der Waals surface area contributed by atoms with Crippen molar-refractivity contribution < 1.29 is 4.79 Å². The lowest BCUT2D eigenvalue weighted by Crippen LogP contribution is -2.38. The molecule has 0 spiro atoms. The van der Waals surface area contributed by atoms with E-state index >= 15 is 0 Å². The van der Waals surface area contributed by atoms with Gasteiger partial charge in [-0.05, 0) is 25.0 Å². The second-order valence-corrected chi connectivity index (χ2v) is 7.92. The van der Waals surface area contributed by atoms with Crippen molar-refractivity contribution in [3.05, 3.63) is 45.4 Å². The van der Waals surface area contributed by atoms with Crippen molar-refractivity contribution >= 4 is 38.8 Å². The van der Waals surface area contributed by atoms with Crippen molar-refractivity contribution in [3.63, 3.8) is 0 Å². The number of aromatic nitrogens is 2. The summed E-state index contributed by atoms with van der Waals surface area (Å²) in [5, 5.41) is 3.81. The summed E-state index contributed by atoms with van der Waals surface area (Å²) in [6, 6.07) is 8.25. The predicted octanol–water partition coefficient (Wildman–Crippen LogP) is 3.23. The molecule has 0 saturated carbocycles. The maximum Gasteiger partial charge on any atom is 0.273 e. The van der Waals surface area contributed by atoms with Crippen molar-refractivity contribution in [3.8, 4) is 0 Å². The van der Waals surface area contributed by atoms with Gasteiger partial charge in [0.15, 0.2) is 0 Å². The Balaban J connectivity index is 1.43. The Morgan fingerprint density at radius 2 is 2.04 bits per heavy atom. The van der Waals surface area contributed by atoms with E-state index in [9.17, 15) is 4.79 Å². The van der Waals surface area contributed by atoms with Gasteiger partial charge in [0.1, 0.15) is 10.7 Å². The average molecular weight is 358 g/mol. The molecule has 1 fully saturated rings. The minimum Gasteiger partial charge on any atom is -0.337 e. The molecule has 3 aromatic rings. The van der Waals surface area contributed by atoms with Crippen molar-refractivity contribution in [2.45, 2.75) is 25.3 Å². The summed E-state index contributed by atoms with van der Waals surface area (Å²) in [5.41, 5.74) is 7.18. The first kappa shape index (κ1) is 15.7. The lowest BCUT2D eigenvalue weighted by molar-refractivity contribution is 0.0707. The molecule has 5 nitrogen and oxygen atoms in total. The summed E-state index contributed by atoms with van der Waals surface area (Å²) in [6.07, 6.45) is 1.92. The highest BCUT2D eigenvalue weighted by Gasteiger charge is 2.27. The topological polar surface area (TPSA) is 72.1 Å². The number of benzene rings is 1. The SMILES string of the molecule is NCc1nc(C(=O)N2CCC(c3nc4ccccc4s3)CC2)cs1. The standard InChI is InChI=1S/C17H18N4OS2/c18-9-15-19-13(10-23-15)17(22)21-7-5-11(6-8-21)16-20-12-3-1-2-4-14(12)24-16/h1-4,10-11H,5-9,18H2. The summed E-state index contributed by atoms with van der Waals surface area (Å²) < 4.78 is 1.24. The number of para-hydroxylation sites is 1. The van der Waals surface area contributed by atoms with Gasteiger partial charge in [-0.1, -0.05) is 12.1 Å². The van der Waals surface area contributed by atoms with Crippen LogP contribution in [-0.2, 0) is 6.54 Å². The van der Waals surface area contributed by atoms with E-state index < -0.39 is 0 Å². The molecule has 3 heterocycles. The number of rotatable bonds is 3. The van der Waals surface area contributed by atoms with Gasteiger partial charge >= 0.3 is 0 Å². The molecule has 0 unspecified atom stereocenters. The van der Waals surface area contributed by atoms with E-state index in [4.69, 9.17) is 10.7 Å². The molecule has 124 valence electrons. The van der Waals surface area contributed by atoms with E-state index in [0.29, 0.717) is 18.2 Å². The van der Waals surface area contributed by atoms with Gasteiger partial charge < -0.3 is 10.6 Å². The van der Waals surface area contributed by atoms with Crippen LogP contribution in [0.5, 0.6) is 0 Å². The third-order valence-electron chi connectivity index (χ3n) is 4.39. The monoisotopic (exact) mass is 358 g/mol. The minimum atomic E-state index is 0.0219. The Hall–Kier alpha value is -1.83. The molecule has 0 atom stereocenters. The predicted molar refractivity (Wildman–Crippen MR) is 97.5 cm³/mol. The van der Waals surface area contributed by atoms with Gasteiger partial charge in [-0.15, -0.1) is 22.7 Å². The van der Waals surface area contributed by atoms with Gasteiger partial charge in [-0.3, -0.25) is 4.79 Å². The molecule has 1 aliphatic heterocycles. The molecule has 1 aromatic carbocycles. The van der Waals surface area contributed by atoms with Crippen LogP contribution in [0.1, 0.15) is 39.3 Å². The summed E-state index contributed by atoms with van der Waals surface area (Å²) in [6.45, 7) is 1.90. The van der Waals surface area contributed by atoms with E-state index in [-0.39, 0.29) is 5.91 Å². The third kappa shape index (κ3) is 2.94. The Morgan fingerprint density at radius 1 is 1.25 bits per heavy atom. The molecule has 1 saturated heterocycles. The number of piperidine rings is 1. The lowest BCUT2D eigenvalue weighted by Gasteiger charge is -2.30. The molecule has 4 rings (SSSR count). The Morgan fingerprint density at radius 3 is 2.75 bits per heavy atom. The molecule has 0 bridgehead atoms. The molecule has 1 aliphatic rings. The fraction of sp³-hybridized carbons (Fsp3) is 0.353. The molecular formula is C17H18N4OS2. The largest absolute Gasteiger partial charge is 0.337 e. The van der Waals surface area contributed by atoms with Gasteiger partial charge in [0, 0.05) is 30.9 Å². The zero-order chi connectivity index (χ0) is 16.5. The minimum absolute atomic E-state index is 0.0219. The van der Waals surface area contributed by atoms with E-state index in [1.165, 1.54) is 21.0 Å². The van der Waals surface area contributed by atoms with Gasteiger partial charge in [0.25, 0.3) is 5.91 Å². The fourth-order valence-electron chi connectivity index (χ4n) is 3.06. The van der Waals surface area contributed by atoms with Gasteiger partial charge in [0.2, 0.25) is 0 Å². The normalized spacial score (nSPS) is 16.0. The first-order valence-electron chi connectivity index (χ1n) is 8.04. The maximum atomic E-state index is 12.5. The molecule has 0 radical (unpaired) electrons. The number of nitrogens with zero attached hydrogens (tertiary/aromatic N) is 3. The zero-order valence-electron chi connectivity index (χ0n) is 13.1. The van der Waals surface area contributed by atoms with Crippen molar-refractivity contribution in [1.29, 1.82) is 0 Å². The van der Waals surface area contributed by atoms with Gasteiger partial charge in [0.05, 0.1) is 15.2 Å². The van der Waals surface area contributed by atoms with Crippen LogP contribution in [0, 0.1) is 0 Å². The highest BCUT2D eigenvalue weighted by Crippen LogP contribution is 2.34. The summed E-state index contributed by atoms with van der Waals surface area (Å²) in [5.74, 6) is 0.468. The van der Waals surface area contributed by atoms with E-state index in [0.717, 1.165) is 36.5 Å². The van der Waals surface area contributed by atoms with Crippen LogP contribution in [0.25, 0.3) is 10.2 Å². The third-order valence-corrected chi connectivity index (χ3v) is 6.46. The Labute approximate surface area is 148 Å². The van der Waals surface area contributed by atoms with Gasteiger partial charge in [-0.2, -0.15) is 0 Å². The number of amides is 1. The smallest absolute Gasteiger partial charge is 0.273 e. The van der Waals surface area contributed by atoms with Crippen LogP contribution in [0.4, 0.5) is 0 Å². The second kappa shape index (κ2) is 6.58. The number of hydrogen-bond donors (Lipinski definition) is 1.